The molecule has 0 saturated heterocycles. The van der Waals surface area contributed by atoms with Crippen LogP contribution in [0, 0.1) is 0 Å². The van der Waals surface area contributed by atoms with Crippen LogP contribution >= 0.6 is 15.9 Å². The molecule has 0 aromatic carbocycles. The fourth-order valence-electron chi connectivity index (χ4n) is 3.11. The molecule has 0 amide bonds. The molecule has 26 heavy (non-hydrogen) atoms. The molecule has 0 heterocycles. The predicted molar refractivity (Wildman–Crippen MR) is 118 cm³/mol. The highest BCUT2D eigenvalue weighted by Crippen LogP contribution is 2.18. The van der Waals surface area contributed by atoms with Gasteiger partial charge in [-0.25, -0.2) is 4.79 Å². The third-order valence-electron chi connectivity index (χ3n) is 4.80. The SMILES string of the molecule is CCCCCCCCCC/C(=C/C(=O)OCCCCCBr)CCCCC. The van der Waals surface area contributed by atoms with Gasteiger partial charge in [0.1, 0.15) is 0 Å². The number of carbonyl (C=O) groups is 1. The molecule has 0 N–H and O–H groups in total. The molecule has 0 bridgehead atoms. The van der Waals surface area contributed by atoms with Crippen LogP contribution in [0.15, 0.2) is 11.6 Å². The topological polar surface area (TPSA) is 26.3 Å². The van der Waals surface area contributed by atoms with Crippen LogP contribution in [0.3, 0.4) is 0 Å². The van der Waals surface area contributed by atoms with Crippen molar-refractivity contribution in [3.63, 3.8) is 0 Å². The molecule has 3 heteroatoms. The van der Waals surface area contributed by atoms with E-state index in [1.54, 1.807) is 6.08 Å². The summed E-state index contributed by atoms with van der Waals surface area (Å²) in [5.41, 5.74) is 1.30. The van der Waals surface area contributed by atoms with Crippen LogP contribution in [-0.4, -0.2) is 17.9 Å². The van der Waals surface area contributed by atoms with Gasteiger partial charge in [-0.15, -0.1) is 0 Å². The molecule has 0 aliphatic rings. The lowest BCUT2D eigenvalue weighted by Gasteiger charge is -2.08. The summed E-state index contributed by atoms with van der Waals surface area (Å²) in [7, 11) is 0. The maximum Gasteiger partial charge on any atom is 0.330 e. The molecule has 0 aliphatic carbocycles. The molecule has 0 radical (unpaired) electrons. The van der Waals surface area contributed by atoms with Crippen molar-refractivity contribution in [1.29, 1.82) is 0 Å². The Morgan fingerprint density at radius 2 is 1.23 bits per heavy atom. The van der Waals surface area contributed by atoms with Gasteiger partial charge in [-0.1, -0.05) is 93.1 Å². The number of alkyl halides is 1. The molecule has 0 saturated carbocycles. The first-order valence-corrected chi connectivity index (χ1v) is 12.3. The van der Waals surface area contributed by atoms with Crippen LogP contribution in [-0.2, 0) is 9.53 Å². The average molecular weight is 431 g/mol. The van der Waals surface area contributed by atoms with Crippen molar-refractivity contribution in [2.75, 3.05) is 11.9 Å². The first kappa shape index (κ1) is 25.7. The fourth-order valence-corrected chi connectivity index (χ4v) is 3.51. The van der Waals surface area contributed by atoms with Gasteiger partial charge in [-0.2, -0.15) is 0 Å². The number of allylic oxidation sites excluding steroid dienone is 1. The number of halogens is 1. The molecule has 0 aromatic rings. The Kier molecular flexibility index (Phi) is 20.7. The second kappa shape index (κ2) is 21.0. The molecular formula is C23H43BrO2. The van der Waals surface area contributed by atoms with Gasteiger partial charge in [-0.3, -0.25) is 0 Å². The Labute approximate surface area is 171 Å². The fraction of sp³-hybridized carbons (Fsp3) is 0.870. The summed E-state index contributed by atoms with van der Waals surface area (Å²) >= 11 is 3.43. The maximum absolute atomic E-state index is 12.0. The monoisotopic (exact) mass is 430 g/mol. The number of ether oxygens (including phenoxy) is 1. The molecule has 0 rings (SSSR count). The predicted octanol–water partition coefficient (Wildman–Crippen LogP) is 8.13. The van der Waals surface area contributed by atoms with E-state index in [4.69, 9.17) is 4.74 Å². The molecule has 0 unspecified atom stereocenters. The van der Waals surface area contributed by atoms with Gasteiger partial charge in [0.15, 0.2) is 0 Å². The summed E-state index contributed by atoms with van der Waals surface area (Å²) in [6.45, 7) is 5.05. The van der Waals surface area contributed by atoms with Crippen molar-refractivity contribution in [3.8, 4) is 0 Å². The molecule has 0 aromatic heterocycles. The van der Waals surface area contributed by atoms with E-state index in [-0.39, 0.29) is 5.97 Å². The average Bonchev–Trinajstić information content (AvgIpc) is 2.63. The van der Waals surface area contributed by atoms with E-state index in [1.807, 2.05) is 0 Å². The molecule has 0 atom stereocenters. The van der Waals surface area contributed by atoms with E-state index in [9.17, 15) is 4.79 Å². The number of hydrogen-bond acceptors (Lipinski definition) is 2. The Bertz CT molecular complexity index is 339. The second-order valence-electron chi connectivity index (χ2n) is 7.40. The first-order valence-electron chi connectivity index (χ1n) is 11.2. The van der Waals surface area contributed by atoms with E-state index >= 15 is 0 Å². The standard InChI is InChI=1S/C23H43BrO2/c1-3-5-7-8-9-10-11-14-18-22(17-13-6-4-2)21-23(25)26-20-16-12-15-19-24/h21H,3-20H2,1-2H3/b22-21+. The summed E-state index contributed by atoms with van der Waals surface area (Å²) in [5, 5.41) is 1.03. The molecule has 2 nitrogen and oxygen atoms in total. The van der Waals surface area contributed by atoms with E-state index in [2.05, 4.69) is 29.8 Å². The molecule has 0 aliphatic heterocycles. The van der Waals surface area contributed by atoms with Gasteiger partial charge in [0.2, 0.25) is 0 Å². The van der Waals surface area contributed by atoms with E-state index < -0.39 is 0 Å². The van der Waals surface area contributed by atoms with Crippen LogP contribution in [0.2, 0.25) is 0 Å². The van der Waals surface area contributed by atoms with Crippen LogP contribution in [0.5, 0.6) is 0 Å². The summed E-state index contributed by atoms with van der Waals surface area (Å²) in [4.78, 5) is 12.0. The van der Waals surface area contributed by atoms with Gasteiger partial charge < -0.3 is 4.74 Å². The second-order valence-corrected chi connectivity index (χ2v) is 8.19. The van der Waals surface area contributed by atoms with E-state index in [0.717, 1.165) is 37.4 Å². The van der Waals surface area contributed by atoms with Crippen molar-refractivity contribution in [2.45, 2.75) is 117 Å². The lowest BCUT2D eigenvalue weighted by atomic mass is 10.00. The number of esters is 1. The zero-order chi connectivity index (χ0) is 19.3. The first-order chi connectivity index (χ1) is 12.7. The molecular weight excluding hydrogens is 388 g/mol. The Morgan fingerprint density at radius 1 is 0.731 bits per heavy atom. The van der Waals surface area contributed by atoms with Crippen molar-refractivity contribution >= 4 is 21.9 Å². The van der Waals surface area contributed by atoms with Gasteiger partial charge in [0.05, 0.1) is 6.61 Å². The Morgan fingerprint density at radius 3 is 1.85 bits per heavy atom. The zero-order valence-corrected chi connectivity index (χ0v) is 19.1. The number of unbranched alkanes of at least 4 members (excludes halogenated alkanes) is 11. The minimum absolute atomic E-state index is 0.130. The lowest BCUT2D eigenvalue weighted by Crippen LogP contribution is -2.04. The van der Waals surface area contributed by atoms with Crippen molar-refractivity contribution in [3.05, 3.63) is 11.6 Å². The van der Waals surface area contributed by atoms with Crippen LogP contribution in [0.25, 0.3) is 0 Å². The highest BCUT2D eigenvalue weighted by atomic mass is 79.9. The van der Waals surface area contributed by atoms with Crippen LogP contribution in [0.4, 0.5) is 0 Å². The van der Waals surface area contributed by atoms with Crippen molar-refractivity contribution < 1.29 is 9.53 Å². The van der Waals surface area contributed by atoms with Crippen LogP contribution < -0.4 is 0 Å². The molecule has 0 fully saturated rings. The minimum Gasteiger partial charge on any atom is -0.463 e. The Balaban J connectivity index is 4.02. The number of rotatable bonds is 19. The van der Waals surface area contributed by atoms with Crippen molar-refractivity contribution in [1.82, 2.24) is 0 Å². The third-order valence-corrected chi connectivity index (χ3v) is 5.36. The van der Waals surface area contributed by atoms with Crippen LogP contribution in [0.1, 0.15) is 117 Å². The highest BCUT2D eigenvalue weighted by Gasteiger charge is 2.04. The molecule has 154 valence electrons. The Hall–Kier alpha value is -0.310. The van der Waals surface area contributed by atoms with Crippen molar-refractivity contribution in [2.24, 2.45) is 0 Å². The lowest BCUT2D eigenvalue weighted by molar-refractivity contribution is -0.137. The van der Waals surface area contributed by atoms with E-state index in [1.165, 1.54) is 76.2 Å². The van der Waals surface area contributed by atoms with Gasteiger partial charge >= 0.3 is 5.97 Å². The normalized spacial score (nSPS) is 11.7. The maximum atomic E-state index is 12.0. The highest BCUT2D eigenvalue weighted by molar-refractivity contribution is 9.09. The van der Waals surface area contributed by atoms with E-state index in [0.29, 0.717) is 6.61 Å². The zero-order valence-electron chi connectivity index (χ0n) is 17.5. The number of carbonyl (C=O) groups excluding carboxylic acids is 1. The summed E-state index contributed by atoms with van der Waals surface area (Å²) < 4.78 is 5.38. The summed E-state index contributed by atoms with van der Waals surface area (Å²) in [6.07, 6.45) is 21.5. The van der Waals surface area contributed by atoms with Gasteiger partial charge in [-0.05, 0) is 44.9 Å². The quantitative estimate of drug-likeness (QED) is 0.0893. The largest absolute Gasteiger partial charge is 0.463 e. The summed E-state index contributed by atoms with van der Waals surface area (Å²) in [6, 6.07) is 0. The number of hydrogen-bond donors (Lipinski definition) is 0. The third kappa shape index (κ3) is 18.5. The summed E-state index contributed by atoms with van der Waals surface area (Å²) in [5.74, 6) is -0.130. The smallest absolute Gasteiger partial charge is 0.330 e. The van der Waals surface area contributed by atoms with Gasteiger partial charge in [0.25, 0.3) is 0 Å². The van der Waals surface area contributed by atoms with Gasteiger partial charge in [0, 0.05) is 11.4 Å². The molecule has 0 spiro atoms. The minimum atomic E-state index is -0.130.